The number of ether oxygens (including phenoxy) is 1. The quantitative estimate of drug-likeness (QED) is 0.496. The SMILES string of the molecule is COc1ccc(C2(C#N)CCC(=O)C(=CN(C)C)C2)c2c1oc1ccc(C(F)(F)F)cc12. The van der Waals surface area contributed by atoms with Gasteiger partial charge in [-0.15, -0.1) is 0 Å². The lowest BCUT2D eigenvalue weighted by Crippen LogP contribution is -2.33. The van der Waals surface area contributed by atoms with Crippen molar-refractivity contribution in [3.8, 4) is 11.8 Å². The number of halogens is 3. The van der Waals surface area contributed by atoms with Gasteiger partial charge in [0.05, 0.1) is 24.2 Å². The average Bonchev–Trinajstić information content (AvgIpc) is 3.13. The Balaban J connectivity index is 2.03. The molecule has 4 rings (SSSR count). The van der Waals surface area contributed by atoms with Gasteiger partial charge in [-0.3, -0.25) is 4.79 Å². The van der Waals surface area contributed by atoms with E-state index in [0.29, 0.717) is 22.3 Å². The molecule has 0 bridgehead atoms. The number of alkyl halides is 3. The molecule has 32 heavy (non-hydrogen) atoms. The molecule has 1 aliphatic carbocycles. The number of allylic oxidation sites excluding steroid dienone is 1. The molecular formula is C24H21F3N2O3. The van der Waals surface area contributed by atoms with Crippen LogP contribution in [0.15, 0.2) is 46.5 Å². The number of nitriles is 1. The number of benzene rings is 2. The number of ketones is 1. The van der Waals surface area contributed by atoms with Crippen LogP contribution in [-0.2, 0) is 16.4 Å². The maximum Gasteiger partial charge on any atom is 0.416 e. The van der Waals surface area contributed by atoms with Crippen molar-refractivity contribution in [2.75, 3.05) is 21.2 Å². The monoisotopic (exact) mass is 442 g/mol. The summed E-state index contributed by atoms with van der Waals surface area (Å²) < 4.78 is 51.5. The Morgan fingerprint density at radius 1 is 1.25 bits per heavy atom. The highest BCUT2D eigenvalue weighted by Gasteiger charge is 2.42. The number of fused-ring (bicyclic) bond motifs is 3. The second-order valence-corrected chi connectivity index (χ2v) is 8.24. The first-order valence-electron chi connectivity index (χ1n) is 10.0. The van der Waals surface area contributed by atoms with Crippen LogP contribution in [0.25, 0.3) is 21.9 Å². The molecular weight excluding hydrogens is 421 g/mol. The van der Waals surface area contributed by atoms with E-state index < -0.39 is 17.2 Å². The summed E-state index contributed by atoms with van der Waals surface area (Å²) in [5, 5.41) is 10.9. The third kappa shape index (κ3) is 3.48. The van der Waals surface area contributed by atoms with Crippen molar-refractivity contribution < 1.29 is 27.1 Å². The minimum atomic E-state index is -4.53. The molecule has 1 saturated carbocycles. The van der Waals surface area contributed by atoms with E-state index in [1.54, 1.807) is 37.3 Å². The molecule has 8 heteroatoms. The normalized spacial score (nSPS) is 20.7. The van der Waals surface area contributed by atoms with Crippen LogP contribution in [0.5, 0.6) is 5.75 Å². The lowest BCUT2D eigenvalue weighted by atomic mass is 9.67. The number of nitrogens with zero attached hydrogens (tertiary/aromatic N) is 2. The minimum absolute atomic E-state index is 0.0364. The van der Waals surface area contributed by atoms with Gasteiger partial charge < -0.3 is 14.1 Å². The van der Waals surface area contributed by atoms with Gasteiger partial charge in [-0.1, -0.05) is 6.07 Å². The second kappa shape index (κ2) is 7.59. The number of hydrogen-bond donors (Lipinski definition) is 0. The molecule has 0 N–H and O–H groups in total. The van der Waals surface area contributed by atoms with Crippen LogP contribution in [0.4, 0.5) is 13.2 Å². The largest absolute Gasteiger partial charge is 0.493 e. The molecule has 0 saturated heterocycles. The molecule has 1 aromatic heterocycles. The molecule has 0 amide bonds. The van der Waals surface area contributed by atoms with Gasteiger partial charge in [-0.05, 0) is 36.2 Å². The van der Waals surface area contributed by atoms with Crippen LogP contribution < -0.4 is 4.74 Å². The van der Waals surface area contributed by atoms with E-state index in [9.17, 15) is 23.2 Å². The number of furan rings is 1. The Kier molecular flexibility index (Phi) is 5.16. The van der Waals surface area contributed by atoms with Gasteiger partial charge in [0.2, 0.25) is 0 Å². The van der Waals surface area contributed by atoms with Gasteiger partial charge in [-0.2, -0.15) is 18.4 Å². The van der Waals surface area contributed by atoms with E-state index in [2.05, 4.69) is 6.07 Å². The maximum atomic E-state index is 13.4. The summed E-state index contributed by atoms with van der Waals surface area (Å²) in [6.07, 6.45) is -2.23. The van der Waals surface area contributed by atoms with E-state index in [-0.39, 0.29) is 41.6 Å². The fourth-order valence-corrected chi connectivity index (χ4v) is 4.41. The standard InChI is InChI=1S/C24H21F3N2O3/c1-29(2)12-14-11-23(13-28,9-8-18(14)30)17-5-7-20(31-3)22-21(17)16-10-15(24(25,26)27)4-6-19(16)32-22/h4-7,10,12H,8-9,11H2,1-3H3. The van der Waals surface area contributed by atoms with Crippen molar-refractivity contribution in [1.29, 1.82) is 5.26 Å². The van der Waals surface area contributed by atoms with E-state index >= 15 is 0 Å². The van der Waals surface area contributed by atoms with E-state index in [4.69, 9.17) is 9.15 Å². The summed E-state index contributed by atoms with van der Waals surface area (Å²) in [7, 11) is 5.02. The Morgan fingerprint density at radius 2 is 2.00 bits per heavy atom. The molecule has 1 unspecified atom stereocenters. The third-order valence-electron chi connectivity index (χ3n) is 5.90. The third-order valence-corrected chi connectivity index (χ3v) is 5.90. The van der Waals surface area contributed by atoms with Crippen LogP contribution >= 0.6 is 0 Å². The predicted molar refractivity (Wildman–Crippen MR) is 113 cm³/mol. The van der Waals surface area contributed by atoms with Crippen molar-refractivity contribution in [2.45, 2.75) is 30.9 Å². The number of hydrogen-bond acceptors (Lipinski definition) is 5. The van der Waals surface area contributed by atoms with E-state index in [1.807, 2.05) is 0 Å². The first-order valence-corrected chi connectivity index (χ1v) is 10.0. The van der Waals surface area contributed by atoms with Crippen LogP contribution in [0, 0.1) is 11.3 Å². The maximum absolute atomic E-state index is 13.4. The fraction of sp³-hybridized carbons (Fsp3) is 0.333. The van der Waals surface area contributed by atoms with Gasteiger partial charge in [0.15, 0.2) is 17.1 Å². The summed E-state index contributed by atoms with van der Waals surface area (Å²) in [5.74, 6) is 0.322. The van der Waals surface area contributed by atoms with Crippen molar-refractivity contribution in [1.82, 2.24) is 4.90 Å². The molecule has 3 aromatic rings. The highest BCUT2D eigenvalue weighted by molar-refractivity contribution is 6.10. The van der Waals surface area contributed by atoms with Crippen LogP contribution in [0.2, 0.25) is 0 Å². The van der Waals surface area contributed by atoms with E-state index in [1.165, 1.54) is 13.2 Å². The number of methoxy groups -OCH3 is 1. The van der Waals surface area contributed by atoms with Gasteiger partial charge in [-0.25, -0.2) is 0 Å². The molecule has 0 radical (unpaired) electrons. The first-order chi connectivity index (χ1) is 15.1. The zero-order chi connectivity index (χ0) is 23.3. The summed E-state index contributed by atoms with van der Waals surface area (Å²) in [4.78, 5) is 14.2. The molecule has 1 atom stereocenters. The summed E-state index contributed by atoms with van der Waals surface area (Å²) in [6, 6.07) is 9.00. The highest BCUT2D eigenvalue weighted by atomic mass is 19.4. The number of rotatable bonds is 3. The Hall–Kier alpha value is -3.47. The number of Topliss-reactive ketones (excluding diaryl/α,β-unsaturated/α-hetero) is 1. The molecule has 1 heterocycles. The Bertz CT molecular complexity index is 1300. The average molecular weight is 442 g/mol. The lowest BCUT2D eigenvalue weighted by molar-refractivity contribution is -0.137. The van der Waals surface area contributed by atoms with Crippen molar-refractivity contribution in [3.05, 3.63) is 53.2 Å². The van der Waals surface area contributed by atoms with Crippen LogP contribution in [0.1, 0.15) is 30.4 Å². The molecule has 1 aliphatic rings. The highest BCUT2D eigenvalue weighted by Crippen LogP contribution is 2.48. The predicted octanol–water partition coefficient (Wildman–Crippen LogP) is 5.57. The molecule has 0 spiro atoms. The molecule has 0 aliphatic heterocycles. The van der Waals surface area contributed by atoms with Gasteiger partial charge >= 0.3 is 6.18 Å². The fourth-order valence-electron chi connectivity index (χ4n) is 4.41. The lowest BCUT2D eigenvalue weighted by Gasteiger charge is -2.33. The number of carbonyl (C=O) groups excluding carboxylic acids is 1. The van der Waals surface area contributed by atoms with Crippen molar-refractivity contribution in [2.24, 2.45) is 0 Å². The Labute approximate surface area is 182 Å². The summed E-state index contributed by atoms with van der Waals surface area (Å²) in [6.45, 7) is 0. The second-order valence-electron chi connectivity index (χ2n) is 8.24. The topological polar surface area (TPSA) is 66.5 Å². The van der Waals surface area contributed by atoms with Crippen molar-refractivity contribution >= 4 is 27.7 Å². The van der Waals surface area contributed by atoms with Crippen LogP contribution in [-0.4, -0.2) is 31.9 Å². The minimum Gasteiger partial charge on any atom is -0.493 e. The zero-order valence-electron chi connectivity index (χ0n) is 17.8. The molecule has 5 nitrogen and oxygen atoms in total. The molecule has 2 aromatic carbocycles. The summed E-state index contributed by atoms with van der Waals surface area (Å²) in [5.41, 5.74) is -0.307. The first kappa shape index (κ1) is 21.8. The van der Waals surface area contributed by atoms with Crippen molar-refractivity contribution in [3.63, 3.8) is 0 Å². The van der Waals surface area contributed by atoms with Crippen LogP contribution in [0.3, 0.4) is 0 Å². The Morgan fingerprint density at radius 3 is 2.62 bits per heavy atom. The zero-order valence-corrected chi connectivity index (χ0v) is 17.8. The van der Waals surface area contributed by atoms with Gasteiger partial charge in [0, 0.05) is 49.5 Å². The van der Waals surface area contributed by atoms with E-state index in [0.717, 1.165) is 12.1 Å². The van der Waals surface area contributed by atoms with Gasteiger partial charge in [0.1, 0.15) is 5.58 Å². The summed E-state index contributed by atoms with van der Waals surface area (Å²) >= 11 is 0. The van der Waals surface area contributed by atoms with Gasteiger partial charge in [0.25, 0.3) is 0 Å². The number of carbonyl (C=O) groups is 1. The molecule has 166 valence electrons. The smallest absolute Gasteiger partial charge is 0.416 e. The molecule has 1 fully saturated rings.